The summed E-state index contributed by atoms with van der Waals surface area (Å²) in [6.07, 6.45) is 0.0480. The Balaban J connectivity index is 3.50. The SMILES string of the molecule is CC(Br)C(Br)CC(=O)[O-]. The molecule has 0 saturated heterocycles. The number of alkyl halides is 2. The smallest absolute Gasteiger partial charge is 0.0425 e. The maximum Gasteiger partial charge on any atom is 0.0425 e. The first kappa shape index (κ1) is 9.43. The molecule has 2 unspecified atom stereocenters. The highest BCUT2D eigenvalue weighted by Gasteiger charge is 2.09. The minimum absolute atomic E-state index is 0.0394. The zero-order chi connectivity index (χ0) is 7.44. The Kier molecular flexibility index (Phi) is 4.48. The maximum atomic E-state index is 9.95. The van der Waals surface area contributed by atoms with Gasteiger partial charge in [0.1, 0.15) is 0 Å². The molecule has 0 fully saturated rings. The van der Waals surface area contributed by atoms with Crippen molar-refractivity contribution in [1.29, 1.82) is 0 Å². The highest BCUT2D eigenvalue weighted by Crippen LogP contribution is 2.15. The number of aliphatic carboxylic acids is 1. The number of halogens is 2. The molecule has 0 radical (unpaired) electrons. The first-order valence-corrected chi connectivity index (χ1v) is 4.35. The molecule has 54 valence electrons. The first-order chi connectivity index (χ1) is 4.04. The van der Waals surface area contributed by atoms with E-state index in [-0.39, 0.29) is 16.1 Å². The molecule has 0 aromatic heterocycles. The fourth-order valence-electron chi connectivity index (χ4n) is 0.322. The second-order valence-electron chi connectivity index (χ2n) is 1.77. The summed E-state index contributed by atoms with van der Waals surface area (Å²) in [5, 5.41) is 9.95. The van der Waals surface area contributed by atoms with Crippen LogP contribution in [0.2, 0.25) is 0 Å². The number of carboxylic acid groups (broad SMARTS) is 1. The predicted molar refractivity (Wildman–Crippen MR) is 40.7 cm³/mol. The minimum atomic E-state index is -1.02. The minimum Gasteiger partial charge on any atom is -0.550 e. The zero-order valence-electron chi connectivity index (χ0n) is 4.93. The van der Waals surface area contributed by atoms with Crippen LogP contribution in [0, 0.1) is 0 Å². The van der Waals surface area contributed by atoms with Gasteiger partial charge in [0, 0.05) is 22.0 Å². The van der Waals surface area contributed by atoms with Gasteiger partial charge in [0.25, 0.3) is 0 Å². The molecule has 0 aliphatic carbocycles. The lowest BCUT2D eigenvalue weighted by Crippen LogP contribution is -2.27. The molecule has 0 aromatic carbocycles. The van der Waals surface area contributed by atoms with Crippen molar-refractivity contribution >= 4 is 37.8 Å². The molecule has 0 N–H and O–H groups in total. The lowest BCUT2D eigenvalue weighted by atomic mass is 10.2. The molecule has 0 rings (SSSR count). The van der Waals surface area contributed by atoms with Crippen LogP contribution in [0.15, 0.2) is 0 Å². The third kappa shape index (κ3) is 4.90. The van der Waals surface area contributed by atoms with Gasteiger partial charge < -0.3 is 9.90 Å². The molecular weight excluding hydrogens is 252 g/mol. The Morgan fingerprint density at radius 1 is 1.67 bits per heavy atom. The van der Waals surface area contributed by atoms with Crippen molar-refractivity contribution < 1.29 is 9.90 Å². The van der Waals surface area contributed by atoms with Crippen LogP contribution < -0.4 is 5.11 Å². The summed E-state index contributed by atoms with van der Waals surface area (Å²) in [7, 11) is 0. The lowest BCUT2D eigenvalue weighted by molar-refractivity contribution is -0.305. The van der Waals surface area contributed by atoms with Gasteiger partial charge in [0.15, 0.2) is 0 Å². The van der Waals surface area contributed by atoms with Crippen molar-refractivity contribution in [1.82, 2.24) is 0 Å². The number of hydrogen-bond acceptors (Lipinski definition) is 2. The highest BCUT2D eigenvalue weighted by atomic mass is 79.9. The molecule has 0 amide bonds. The third-order valence-electron chi connectivity index (χ3n) is 0.860. The molecule has 0 aromatic rings. The van der Waals surface area contributed by atoms with Crippen molar-refractivity contribution in [3.63, 3.8) is 0 Å². The average molecular weight is 259 g/mol. The number of hydrogen-bond donors (Lipinski definition) is 0. The number of carboxylic acids is 1. The Morgan fingerprint density at radius 3 is 2.22 bits per heavy atom. The van der Waals surface area contributed by atoms with Crippen LogP contribution in [0.1, 0.15) is 13.3 Å². The summed E-state index contributed by atoms with van der Waals surface area (Å²) >= 11 is 6.41. The van der Waals surface area contributed by atoms with Crippen molar-refractivity contribution in [3.8, 4) is 0 Å². The highest BCUT2D eigenvalue weighted by molar-refractivity contribution is 9.12. The van der Waals surface area contributed by atoms with Crippen molar-refractivity contribution in [2.24, 2.45) is 0 Å². The zero-order valence-corrected chi connectivity index (χ0v) is 8.11. The van der Waals surface area contributed by atoms with E-state index in [9.17, 15) is 9.90 Å². The van der Waals surface area contributed by atoms with E-state index >= 15 is 0 Å². The van der Waals surface area contributed by atoms with Crippen LogP contribution in [0.4, 0.5) is 0 Å². The second-order valence-corrected chi connectivity index (χ2v) is 4.39. The van der Waals surface area contributed by atoms with E-state index in [0.717, 1.165) is 0 Å². The van der Waals surface area contributed by atoms with Crippen LogP contribution in [0.5, 0.6) is 0 Å². The summed E-state index contributed by atoms with van der Waals surface area (Å²) < 4.78 is 0. The maximum absolute atomic E-state index is 9.95. The largest absolute Gasteiger partial charge is 0.550 e. The standard InChI is InChI=1S/C5H8Br2O2/c1-3(6)4(7)2-5(8)9/h3-4H,2H2,1H3,(H,8,9)/p-1. The Labute approximate surface area is 70.9 Å². The summed E-state index contributed by atoms with van der Waals surface area (Å²) in [5.74, 6) is -1.02. The van der Waals surface area contributed by atoms with Crippen LogP contribution in [-0.2, 0) is 4.79 Å². The molecule has 0 aliphatic rings. The van der Waals surface area contributed by atoms with E-state index in [4.69, 9.17) is 0 Å². The molecule has 2 nitrogen and oxygen atoms in total. The first-order valence-electron chi connectivity index (χ1n) is 2.52. The summed E-state index contributed by atoms with van der Waals surface area (Å²) in [5.41, 5.74) is 0. The predicted octanol–water partition coefficient (Wildman–Crippen LogP) is 0.673. The summed E-state index contributed by atoms with van der Waals surface area (Å²) in [4.78, 5) is 10.1. The van der Waals surface area contributed by atoms with Crippen LogP contribution in [-0.4, -0.2) is 15.6 Å². The molecule has 0 heterocycles. The van der Waals surface area contributed by atoms with E-state index in [0.29, 0.717) is 0 Å². The van der Waals surface area contributed by atoms with Crippen LogP contribution >= 0.6 is 31.9 Å². The molecular formula is C5H7Br2O2-. The fraction of sp³-hybridized carbons (Fsp3) is 0.800. The van der Waals surface area contributed by atoms with Gasteiger partial charge in [-0.3, -0.25) is 0 Å². The van der Waals surface area contributed by atoms with E-state index in [2.05, 4.69) is 31.9 Å². The van der Waals surface area contributed by atoms with Gasteiger partial charge in [-0.05, 0) is 0 Å². The van der Waals surface area contributed by atoms with E-state index < -0.39 is 5.97 Å². The van der Waals surface area contributed by atoms with Gasteiger partial charge in [0.2, 0.25) is 0 Å². The third-order valence-corrected chi connectivity index (χ3v) is 3.32. The quantitative estimate of drug-likeness (QED) is 0.699. The molecule has 4 heteroatoms. The van der Waals surface area contributed by atoms with Gasteiger partial charge in [-0.2, -0.15) is 0 Å². The molecule has 0 aliphatic heterocycles. The summed E-state index contributed by atoms with van der Waals surface area (Å²) in [6, 6.07) is 0. The average Bonchev–Trinajstić information content (AvgIpc) is 1.63. The topological polar surface area (TPSA) is 40.1 Å². The van der Waals surface area contributed by atoms with Crippen LogP contribution in [0.25, 0.3) is 0 Å². The number of carbonyl (C=O) groups is 1. The van der Waals surface area contributed by atoms with Crippen LogP contribution in [0.3, 0.4) is 0 Å². The monoisotopic (exact) mass is 257 g/mol. The molecule has 0 spiro atoms. The number of carbonyl (C=O) groups excluding carboxylic acids is 1. The molecule has 0 saturated carbocycles. The van der Waals surface area contributed by atoms with E-state index in [1.807, 2.05) is 6.92 Å². The molecule has 2 atom stereocenters. The van der Waals surface area contributed by atoms with Crippen molar-refractivity contribution in [2.75, 3.05) is 0 Å². The fourth-order valence-corrected chi connectivity index (χ4v) is 0.773. The van der Waals surface area contributed by atoms with Gasteiger partial charge >= 0.3 is 0 Å². The van der Waals surface area contributed by atoms with Gasteiger partial charge in [-0.15, -0.1) is 0 Å². The molecule has 9 heavy (non-hydrogen) atoms. The number of rotatable bonds is 3. The Bertz CT molecular complexity index is 103. The van der Waals surface area contributed by atoms with Crippen molar-refractivity contribution in [3.05, 3.63) is 0 Å². The van der Waals surface area contributed by atoms with Crippen molar-refractivity contribution in [2.45, 2.75) is 23.0 Å². The van der Waals surface area contributed by atoms with E-state index in [1.54, 1.807) is 0 Å². The summed E-state index contributed by atoms with van der Waals surface area (Å²) in [6.45, 7) is 1.88. The molecule has 0 bridgehead atoms. The normalized spacial score (nSPS) is 16.8. The Morgan fingerprint density at radius 2 is 2.11 bits per heavy atom. The van der Waals surface area contributed by atoms with Gasteiger partial charge in [0.05, 0.1) is 0 Å². The van der Waals surface area contributed by atoms with Gasteiger partial charge in [-0.25, -0.2) is 0 Å². The van der Waals surface area contributed by atoms with Gasteiger partial charge in [-0.1, -0.05) is 38.8 Å². The Hall–Kier alpha value is 0.430. The van der Waals surface area contributed by atoms with E-state index in [1.165, 1.54) is 0 Å². The second kappa shape index (κ2) is 4.28. The lowest BCUT2D eigenvalue weighted by Gasteiger charge is -2.11.